The smallest absolute Gasteiger partial charge is 0.406 e. The van der Waals surface area contributed by atoms with Crippen LogP contribution in [0.2, 0.25) is 0 Å². The van der Waals surface area contributed by atoms with E-state index in [0.717, 1.165) is 17.4 Å². The molecule has 1 aliphatic heterocycles. The quantitative estimate of drug-likeness (QED) is 0.467. The van der Waals surface area contributed by atoms with Gasteiger partial charge in [-0.2, -0.15) is 13.2 Å². The van der Waals surface area contributed by atoms with Gasteiger partial charge in [0.1, 0.15) is 18.6 Å². The number of benzene rings is 2. The van der Waals surface area contributed by atoms with E-state index in [0.29, 0.717) is 36.3 Å². The van der Waals surface area contributed by atoms with Crippen molar-refractivity contribution in [2.45, 2.75) is 52.1 Å². The molecule has 0 saturated heterocycles. The van der Waals surface area contributed by atoms with Gasteiger partial charge in [-0.25, -0.2) is 0 Å². The molecule has 7 nitrogen and oxygen atoms in total. The predicted molar refractivity (Wildman–Crippen MR) is 132 cm³/mol. The molecular weight excluding hydrogens is 487 g/mol. The van der Waals surface area contributed by atoms with Crippen molar-refractivity contribution in [3.05, 3.63) is 64.7 Å². The zero-order valence-electron chi connectivity index (χ0n) is 21.2. The van der Waals surface area contributed by atoms with Crippen LogP contribution in [0.4, 0.5) is 13.2 Å². The fourth-order valence-corrected chi connectivity index (χ4v) is 4.18. The number of amides is 2. The Morgan fingerprint density at radius 2 is 1.92 bits per heavy atom. The summed E-state index contributed by atoms with van der Waals surface area (Å²) in [5.41, 5.74) is 1.92. The summed E-state index contributed by atoms with van der Waals surface area (Å²) >= 11 is 0. The molecule has 3 rings (SSSR count). The van der Waals surface area contributed by atoms with Gasteiger partial charge in [-0.3, -0.25) is 9.59 Å². The van der Waals surface area contributed by atoms with E-state index in [1.165, 1.54) is 0 Å². The second kappa shape index (κ2) is 11.8. The molecule has 2 aromatic rings. The maximum atomic E-state index is 13.2. The molecule has 0 saturated carbocycles. The summed E-state index contributed by atoms with van der Waals surface area (Å²) < 4.78 is 45.2. The highest BCUT2D eigenvalue weighted by atomic mass is 19.4. The zero-order chi connectivity index (χ0) is 27.2. The molecule has 2 amide bonds. The number of rotatable bonds is 10. The summed E-state index contributed by atoms with van der Waals surface area (Å²) in [7, 11) is 1.82. The molecule has 0 spiro atoms. The molecule has 10 heteroatoms. The number of nitrogens with one attached hydrogen (secondary N) is 2. The molecule has 37 heavy (non-hydrogen) atoms. The van der Waals surface area contributed by atoms with E-state index in [9.17, 15) is 27.6 Å². The maximum Gasteiger partial charge on any atom is 0.406 e. The van der Waals surface area contributed by atoms with Crippen molar-refractivity contribution in [1.29, 1.82) is 0 Å². The van der Waals surface area contributed by atoms with Crippen LogP contribution < -0.4 is 15.4 Å². The van der Waals surface area contributed by atoms with E-state index in [-0.39, 0.29) is 17.9 Å². The zero-order valence-corrected chi connectivity index (χ0v) is 21.2. The monoisotopic (exact) mass is 519 g/mol. The van der Waals surface area contributed by atoms with E-state index in [1.807, 2.05) is 20.9 Å². The van der Waals surface area contributed by atoms with Gasteiger partial charge in [0, 0.05) is 23.1 Å². The van der Waals surface area contributed by atoms with E-state index in [2.05, 4.69) is 10.6 Å². The number of nitrogens with zero attached hydrogens (tertiary/aromatic N) is 1. The van der Waals surface area contributed by atoms with Crippen molar-refractivity contribution in [3.8, 4) is 5.75 Å². The second-order valence-electron chi connectivity index (χ2n) is 9.66. The largest absolute Gasteiger partial charge is 0.461 e. The minimum atomic E-state index is -4.61. The standard InChI is InChI=1S/C27H32F3N3O4/c1-18-8-9-20(14-19(18)10-11-26(2,17-34)12-13-31-3)23(35)32-24-25(36)33(16-27(28,29)30)15-21-6-4-5-7-22(21)37-24/h4-9,14,17,24,31H,10-13,15-16H2,1-3H3,(H,32,35). The highest BCUT2D eigenvalue weighted by Gasteiger charge is 2.39. The summed E-state index contributed by atoms with van der Waals surface area (Å²) in [6.07, 6.45) is -3.48. The predicted octanol–water partition coefficient (Wildman–Crippen LogP) is 3.78. The van der Waals surface area contributed by atoms with Gasteiger partial charge in [0.15, 0.2) is 0 Å². The molecule has 0 aliphatic carbocycles. The maximum absolute atomic E-state index is 13.2. The van der Waals surface area contributed by atoms with E-state index >= 15 is 0 Å². The highest BCUT2D eigenvalue weighted by Crippen LogP contribution is 2.28. The van der Waals surface area contributed by atoms with Crippen LogP contribution in [0.5, 0.6) is 5.75 Å². The number of carbonyl (C=O) groups is 3. The van der Waals surface area contributed by atoms with E-state index in [4.69, 9.17) is 4.74 Å². The topological polar surface area (TPSA) is 87.7 Å². The van der Waals surface area contributed by atoms with Gasteiger partial charge in [0.2, 0.25) is 0 Å². The van der Waals surface area contributed by atoms with Gasteiger partial charge in [-0.1, -0.05) is 31.2 Å². The van der Waals surface area contributed by atoms with Crippen molar-refractivity contribution in [1.82, 2.24) is 15.5 Å². The number of alkyl halides is 3. The van der Waals surface area contributed by atoms with Gasteiger partial charge in [-0.05, 0) is 69.1 Å². The number of hydrogen-bond acceptors (Lipinski definition) is 5. The first-order valence-corrected chi connectivity index (χ1v) is 12.1. The lowest BCUT2D eigenvalue weighted by Gasteiger charge is -2.25. The first-order chi connectivity index (χ1) is 17.4. The highest BCUT2D eigenvalue weighted by molar-refractivity contribution is 5.97. The molecule has 0 fully saturated rings. The Morgan fingerprint density at radius 3 is 2.59 bits per heavy atom. The number of aldehydes is 1. The van der Waals surface area contributed by atoms with Crippen molar-refractivity contribution in [2.75, 3.05) is 20.1 Å². The van der Waals surface area contributed by atoms with Crippen molar-refractivity contribution in [2.24, 2.45) is 5.41 Å². The van der Waals surface area contributed by atoms with Crippen LogP contribution in [0.25, 0.3) is 0 Å². The summed E-state index contributed by atoms with van der Waals surface area (Å²) in [5.74, 6) is -1.41. The Kier molecular flexibility index (Phi) is 8.96. The fourth-order valence-electron chi connectivity index (χ4n) is 4.18. The lowest BCUT2D eigenvalue weighted by atomic mass is 9.82. The minimum Gasteiger partial charge on any atom is -0.461 e. The third-order valence-electron chi connectivity index (χ3n) is 6.55. The van der Waals surface area contributed by atoms with Crippen LogP contribution in [-0.2, 0) is 22.6 Å². The number of aryl methyl sites for hydroxylation is 2. The number of halogens is 3. The van der Waals surface area contributed by atoms with Gasteiger partial charge < -0.3 is 25.1 Å². The molecule has 2 N–H and O–H groups in total. The van der Waals surface area contributed by atoms with Crippen LogP contribution >= 0.6 is 0 Å². The summed E-state index contributed by atoms with van der Waals surface area (Å²) in [4.78, 5) is 38.4. The van der Waals surface area contributed by atoms with Gasteiger partial charge in [0.05, 0.1) is 0 Å². The summed E-state index contributed by atoms with van der Waals surface area (Å²) in [5, 5.41) is 5.50. The summed E-state index contributed by atoms with van der Waals surface area (Å²) in [6, 6.07) is 11.4. The molecule has 2 aromatic carbocycles. The number of carbonyl (C=O) groups excluding carboxylic acids is 3. The van der Waals surface area contributed by atoms with Crippen LogP contribution in [-0.4, -0.2) is 55.5 Å². The van der Waals surface area contributed by atoms with Gasteiger partial charge >= 0.3 is 6.18 Å². The van der Waals surface area contributed by atoms with Crippen LogP contribution in [0.3, 0.4) is 0 Å². The molecule has 1 heterocycles. The Balaban J connectivity index is 1.79. The molecule has 0 bridgehead atoms. The SMILES string of the molecule is CNCCC(C)(C=O)CCc1cc(C(=O)NC2Oc3ccccc3CN(CC(F)(F)F)C2=O)ccc1C. The molecule has 0 aromatic heterocycles. The van der Waals surface area contributed by atoms with Crippen LogP contribution in [0.15, 0.2) is 42.5 Å². The Labute approximate surface area is 214 Å². The summed E-state index contributed by atoms with van der Waals surface area (Å²) in [6.45, 7) is 2.72. The number of para-hydroxylation sites is 1. The minimum absolute atomic E-state index is 0.227. The molecule has 2 unspecified atom stereocenters. The van der Waals surface area contributed by atoms with Crippen molar-refractivity contribution in [3.63, 3.8) is 0 Å². The lowest BCUT2D eigenvalue weighted by molar-refractivity contribution is -0.166. The third kappa shape index (κ3) is 7.55. The van der Waals surface area contributed by atoms with E-state index in [1.54, 1.807) is 42.5 Å². The first-order valence-electron chi connectivity index (χ1n) is 12.1. The number of hydrogen-bond donors (Lipinski definition) is 2. The third-order valence-corrected chi connectivity index (χ3v) is 6.55. The average Bonchev–Trinajstić information content (AvgIpc) is 2.97. The molecular formula is C27H32F3N3O4. The molecule has 2 atom stereocenters. The van der Waals surface area contributed by atoms with Crippen molar-refractivity contribution >= 4 is 18.1 Å². The average molecular weight is 520 g/mol. The molecule has 200 valence electrons. The van der Waals surface area contributed by atoms with Gasteiger partial charge in [-0.15, -0.1) is 0 Å². The van der Waals surface area contributed by atoms with Crippen molar-refractivity contribution < 1.29 is 32.3 Å². The lowest BCUT2D eigenvalue weighted by Crippen LogP contribution is -2.52. The first kappa shape index (κ1) is 28.2. The number of ether oxygens (including phenoxy) is 1. The van der Waals surface area contributed by atoms with Crippen LogP contribution in [0, 0.1) is 12.3 Å². The van der Waals surface area contributed by atoms with E-state index < -0.39 is 36.2 Å². The Morgan fingerprint density at radius 1 is 1.19 bits per heavy atom. The second-order valence-corrected chi connectivity index (χ2v) is 9.66. The Hall–Kier alpha value is -3.40. The normalized spacial score (nSPS) is 17.3. The van der Waals surface area contributed by atoms with Crippen LogP contribution in [0.1, 0.15) is 46.8 Å². The molecule has 1 aliphatic rings. The Bertz CT molecular complexity index is 1140. The number of fused-ring (bicyclic) bond motifs is 1. The van der Waals surface area contributed by atoms with Gasteiger partial charge in [0.25, 0.3) is 18.0 Å². The molecule has 0 radical (unpaired) electrons. The fraction of sp³-hybridized carbons (Fsp3) is 0.444.